The van der Waals surface area contributed by atoms with Crippen molar-refractivity contribution in [3.8, 4) is 0 Å². The van der Waals surface area contributed by atoms with E-state index in [1.807, 2.05) is 36.4 Å². The second kappa shape index (κ2) is 7.40. The molecule has 0 spiro atoms. The smallest absolute Gasteiger partial charge is 0.363 e. The highest BCUT2D eigenvalue weighted by atomic mass is 16.6. The van der Waals surface area contributed by atoms with Gasteiger partial charge in [0.1, 0.15) is 0 Å². The summed E-state index contributed by atoms with van der Waals surface area (Å²) in [6.45, 7) is 1.45. The van der Waals surface area contributed by atoms with Crippen LogP contribution < -0.4 is 5.32 Å². The maximum Gasteiger partial charge on any atom is 0.363 e. The van der Waals surface area contributed by atoms with Crippen LogP contribution in [-0.2, 0) is 14.3 Å². The van der Waals surface area contributed by atoms with Crippen LogP contribution in [0.4, 0.5) is 5.69 Å². The molecule has 0 saturated carbocycles. The molecule has 0 atom stereocenters. The third kappa shape index (κ3) is 4.51. The predicted octanol–water partition coefficient (Wildman–Crippen LogP) is 3.65. The van der Waals surface area contributed by atoms with Gasteiger partial charge >= 0.3 is 5.97 Å². The highest BCUT2D eigenvalue weighted by Gasteiger charge is 2.20. The molecule has 1 aliphatic rings. The first-order valence-corrected chi connectivity index (χ1v) is 7.73. The number of hydrogen-bond donors (Lipinski definition) is 1. The van der Waals surface area contributed by atoms with Gasteiger partial charge in [-0.25, -0.2) is 9.79 Å². The van der Waals surface area contributed by atoms with E-state index in [1.165, 1.54) is 6.92 Å². The lowest BCUT2D eigenvalue weighted by Gasteiger charge is -2.01. The molecule has 2 aromatic carbocycles. The average molecular weight is 332 g/mol. The van der Waals surface area contributed by atoms with Crippen LogP contribution in [0, 0.1) is 0 Å². The minimum atomic E-state index is -0.487. The predicted molar refractivity (Wildman–Crippen MR) is 97.7 cm³/mol. The van der Waals surface area contributed by atoms with Gasteiger partial charge in [0, 0.05) is 18.7 Å². The lowest BCUT2D eigenvalue weighted by atomic mass is 10.2. The lowest BCUT2D eigenvalue weighted by Crippen LogP contribution is -2.05. The summed E-state index contributed by atoms with van der Waals surface area (Å²) in [6.07, 6.45) is 5.13. The number of carbonyl (C=O) groups is 2. The summed E-state index contributed by atoms with van der Waals surface area (Å²) in [4.78, 5) is 27.1. The molecule has 0 aromatic heterocycles. The fourth-order valence-corrected chi connectivity index (χ4v) is 2.25. The molecule has 5 nitrogen and oxygen atoms in total. The van der Waals surface area contributed by atoms with Crippen LogP contribution in [0.15, 0.2) is 71.4 Å². The van der Waals surface area contributed by atoms with Gasteiger partial charge in [0.15, 0.2) is 5.70 Å². The van der Waals surface area contributed by atoms with Crippen LogP contribution in [-0.4, -0.2) is 17.8 Å². The zero-order chi connectivity index (χ0) is 17.6. The molecule has 0 unspecified atom stereocenters. The summed E-state index contributed by atoms with van der Waals surface area (Å²) in [5, 5.41) is 2.69. The highest BCUT2D eigenvalue weighted by Crippen LogP contribution is 2.18. The largest absolute Gasteiger partial charge is 0.403 e. The number of hydrogen-bond acceptors (Lipinski definition) is 4. The van der Waals surface area contributed by atoms with E-state index in [1.54, 1.807) is 36.4 Å². The first-order chi connectivity index (χ1) is 12.1. The Hall–Kier alpha value is -3.47. The monoisotopic (exact) mass is 332 g/mol. The average Bonchev–Trinajstić information content (AvgIpc) is 2.95. The highest BCUT2D eigenvalue weighted by molar-refractivity contribution is 6.11. The normalized spacial score (nSPS) is 15.3. The summed E-state index contributed by atoms with van der Waals surface area (Å²) >= 11 is 0. The number of rotatable bonds is 4. The Kier molecular flexibility index (Phi) is 4.85. The number of cyclic esters (lactones) is 1. The number of carbonyl (C=O) groups excluding carboxylic acids is 2. The number of ether oxygens (including phenoxy) is 1. The first kappa shape index (κ1) is 16.4. The Morgan fingerprint density at radius 1 is 1.00 bits per heavy atom. The van der Waals surface area contributed by atoms with Crippen LogP contribution in [0.3, 0.4) is 0 Å². The van der Waals surface area contributed by atoms with Crippen molar-refractivity contribution in [1.82, 2.24) is 0 Å². The second-order valence-electron chi connectivity index (χ2n) is 5.42. The molecule has 124 valence electrons. The molecule has 2 aromatic rings. The van der Waals surface area contributed by atoms with Gasteiger partial charge in [-0.05, 0) is 35.4 Å². The van der Waals surface area contributed by atoms with Crippen LogP contribution in [0.25, 0.3) is 12.2 Å². The van der Waals surface area contributed by atoms with E-state index in [4.69, 9.17) is 4.74 Å². The summed E-state index contributed by atoms with van der Waals surface area (Å²) < 4.78 is 5.14. The molecule has 0 aliphatic carbocycles. The van der Waals surface area contributed by atoms with Crippen LogP contribution in [0.1, 0.15) is 18.1 Å². The summed E-state index contributed by atoms with van der Waals surface area (Å²) in [7, 11) is 0. The molecule has 5 heteroatoms. The zero-order valence-electron chi connectivity index (χ0n) is 13.6. The molecule has 1 heterocycles. The number of nitrogens with zero attached hydrogens (tertiary/aromatic N) is 1. The number of aliphatic imine (C=N–C) groups is 1. The molecule has 1 amide bonds. The van der Waals surface area contributed by atoms with Crippen molar-refractivity contribution in [1.29, 1.82) is 0 Å². The third-order valence-corrected chi connectivity index (χ3v) is 3.39. The van der Waals surface area contributed by atoms with Gasteiger partial charge in [0.25, 0.3) is 0 Å². The number of benzene rings is 2. The van der Waals surface area contributed by atoms with Gasteiger partial charge in [0.05, 0.1) is 0 Å². The maximum absolute atomic E-state index is 11.9. The molecule has 25 heavy (non-hydrogen) atoms. The van der Waals surface area contributed by atoms with E-state index in [2.05, 4.69) is 10.3 Å². The molecule has 0 fully saturated rings. The minimum absolute atomic E-state index is 0.134. The van der Waals surface area contributed by atoms with Crippen molar-refractivity contribution in [3.05, 3.63) is 77.5 Å². The van der Waals surface area contributed by atoms with E-state index in [0.29, 0.717) is 5.69 Å². The van der Waals surface area contributed by atoms with Gasteiger partial charge in [-0.1, -0.05) is 42.5 Å². The maximum atomic E-state index is 11.9. The van der Waals surface area contributed by atoms with E-state index < -0.39 is 5.97 Å². The number of nitrogens with one attached hydrogen (secondary N) is 1. The Bertz CT molecular complexity index is 879. The Balaban J connectivity index is 1.74. The van der Waals surface area contributed by atoms with Gasteiger partial charge < -0.3 is 10.1 Å². The molecule has 0 saturated heterocycles. The number of esters is 1. The van der Waals surface area contributed by atoms with Crippen molar-refractivity contribution >= 4 is 35.6 Å². The van der Waals surface area contributed by atoms with Crippen LogP contribution in [0.2, 0.25) is 0 Å². The molecule has 1 N–H and O–H groups in total. The summed E-state index contributed by atoms with van der Waals surface area (Å²) in [5.41, 5.74) is 2.71. The van der Waals surface area contributed by atoms with Crippen molar-refractivity contribution < 1.29 is 14.3 Å². The molecular weight excluding hydrogens is 316 g/mol. The van der Waals surface area contributed by atoms with Crippen molar-refractivity contribution in [2.45, 2.75) is 6.92 Å². The molecule has 0 bridgehead atoms. The van der Waals surface area contributed by atoms with E-state index in [9.17, 15) is 9.59 Å². The van der Waals surface area contributed by atoms with E-state index in [0.717, 1.165) is 11.1 Å². The fraction of sp³-hybridized carbons (Fsp3) is 0.0500. The van der Waals surface area contributed by atoms with Crippen molar-refractivity contribution in [3.63, 3.8) is 0 Å². The Labute approximate surface area is 145 Å². The summed E-state index contributed by atoms with van der Waals surface area (Å²) in [6, 6.07) is 16.8. The van der Waals surface area contributed by atoms with Gasteiger partial charge in [0.2, 0.25) is 11.8 Å². The summed E-state index contributed by atoms with van der Waals surface area (Å²) in [5.74, 6) is -0.362. The van der Waals surface area contributed by atoms with E-state index in [-0.39, 0.29) is 17.5 Å². The van der Waals surface area contributed by atoms with Crippen molar-refractivity contribution in [2.24, 2.45) is 4.99 Å². The molecular formula is C20H16N2O3. The quantitative estimate of drug-likeness (QED) is 0.686. The SMILES string of the molecule is CC(=O)Nc1ccc(/C=C2N=C(/C=C/c3ccccc3)OC\2=O)cc1. The Morgan fingerprint density at radius 2 is 1.72 bits per heavy atom. The standard InChI is InChI=1S/C20H16N2O3/c1-14(23)21-17-10-7-16(8-11-17)13-18-20(24)25-19(22-18)12-9-15-5-3-2-4-6-15/h2-13H,1H3,(H,21,23)/b12-9+,18-13-. The number of anilines is 1. The van der Waals surface area contributed by atoms with Crippen molar-refractivity contribution in [2.75, 3.05) is 5.32 Å². The molecule has 3 rings (SSSR count). The van der Waals surface area contributed by atoms with Crippen LogP contribution in [0.5, 0.6) is 0 Å². The lowest BCUT2D eigenvalue weighted by molar-refractivity contribution is -0.129. The molecule has 1 aliphatic heterocycles. The molecule has 0 radical (unpaired) electrons. The van der Waals surface area contributed by atoms with Gasteiger partial charge in [-0.15, -0.1) is 0 Å². The van der Waals surface area contributed by atoms with Crippen LogP contribution >= 0.6 is 0 Å². The first-order valence-electron chi connectivity index (χ1n) is 7.73. The fourth-order valence-electron chi connectivity index (χ4n) is 2.25. The minimum Gasteiger partial charge on any atom is -0.403 e. The second-order valence-corrected chi connectivity index (χ2v) is 5.42. The topological polar surface area (TPSA) is 67.8 Å². The Morgan fingerprint density at radius 3 is 2.40 bits per heavy atom. The zero-order valence-corrected chi connectivity index (χ0v) is 13.6. The number of amides is 1. The third-order valence-electron chi connectivity index (χ3n) is 3.39. The van der Waals surface area contributed by atoms with Gasteiger partial charge in [-0.3, -0.25) is 4.79 Å². The van der Waals surface area contributed by atoms with Gasteiger partial charge in [-0.2, -0.15) is 0 Å². The van der Waals surface area contributed by atoms with E-state index >= 15 is 0 Å².